The topological polar surface area (TPSA) is 49.3 Å². The summed E-state index contributed by atoms with van der Waals surface area (Å²) < 4.78 is 0. The molecule has 0 radical (unpaired) electrons. The van der Waals surface area contributed by atoms with Crippen LogP contribution >= 0.6 is 0 Å². The summed E-state index contributed by atoms with van der Waals surface area (Å²) in [6.07, 6.45) is 0.393. The number of carbonyl (C=O) groups is 1. The van der Waals surface area contributed by atoms with E-state index in [1.807, 2.05) is 45.0 Å². The van der Waals surface area contributed by atoms with E-state index in [1.165, 1.54) is 0 Å². The first-order valence-electron chi connectivity index (χ1n) is 5.98. The van der Waals surface area contributed by atoms with Crippen LogP contribution in [-0.4, -0.2) is 23.7 Å². The predicted molar refractivity (Wildman–Crippen MR) is 68.7 cm³/mol. The van der Waals surface area contributed by atoms with Gasteiger partial charge in [-0.05, 0) is 25.3 Å². The van der Waals surface area contributed by atoms with Crippen LogP contribution in [0.1, 0.15) is 25.0 Å². The monoisotopic (exact) mass is 235 g/mol. The Morgan fingerprint density at radius 3 is 2.71 bits per heavy atom. The smallest absolute Gasteiger partial charge is 0.224 e. The normalized spacial score (nSPS) is 14.1. The zero-order valence-corrected chi connectivity index (χ0v) is 10.7. The minimum atomic E-state index is -0.00249. The van der Waals surface area contributed by atoms with Crippen LogP contribution in [0.4, 0.5) is 0 Å². The van der Waals surface area contributed by atoms with Crippen LogP contribution in [0.15, 0.2) is 24.3 Å². The first-order valence-corrected chi connectivity index (χ1v) is 5.98. The van der Waals surface area contributed by atoms with Gasteiger partial charge in [0.05, 0.1) is 6.42 Å². The van der Waals surface area contributed by atoms with Gasteiger partial charge in [-0.3, -0.25) is 4.79 Å². The zero-order chi connectivity index (χ0) is 12.8. The summed E-state index contributed by atoms with van der Waals surface area (Å²) in [5.41, 5.74) is 2.18. The molecule has 94 valence electrons. The summed E-state index contributed by atoms with van der Waals surface area (Å²) in [4.78, 5) is 11.8. The molecule has 3 nitrogen and oxygen atoms in total. The fourth-order valence-electron chi connectivity index (χ4n) is 1.61. The summed E-state index contributed by atoms with van der Waals surface area (Å²) >= 11 is 0. The molecule has 0 saturated heterocycles. The number of aliphatic hydroxyl groups excluding tert-OH is 1. The molecule has 2 atom stereocenters. The van der Waals surface area contributed by atoms with Crippen molar-refractivity contribution in [3.8, 4) is 0 Å². The molecule has 0 aliphatic rings. The highest BCUT2D eigenvalue weighted by atomic mass is 16.3. The predicted octanol–water partition coefficient (Wildman–Crippen LogP) is 1.67. The van der Waals surface area contributed by atoms with Crippen LogP contribution in [0.5, 0.6) is 0 Å². The van der Waals surface area contributed by atoms with Crippen LogP contribution in [0, 0.1) is 12.8 Å². The van der Waals surface area contributed by atoms with E-state index >= 15 is 0 Å². The molecule has 1 aromatic rings. The van der Waals surface area contributed by atoms with Crippen molar-refractivity contribution in [3.63, 3.8) is 0 Å². The molecule has 1 amide bonds. The Bertz CT molecular complexity index is 376. The van der Waals surface area contributed by atoms with Gasteiger partial charge in [0.25, 0.3) is 0 Å². The maximum absolute atomic E-state index is 11.8. The molecule has 3 heteroatoms. The quantitative estimate of drug-likeness (QED) is 0.815. The third kappa shape index (κ3) is 4.57. The Labute approximate surface area is 103 Å². The van der Waals surface area contributed by atoms with E-state index < -0.39 is 0 Å². The molecule has 0 aromatic heterocycles. The van der Waals surface area contributed by atoms with Crippen molar-refractivity contribution >= 4 is 5.91 Å². The van der Waals surface area contributed by atoms with Gasteiger partial charge in [0.15, 0.2) is 0 Å². The fourth-order valence-corrected chi connectivity index (χ4v) is 1.61. The van der Waals surface area contributed by atoms with Crippen molar-refractivity contribution < 1.29 is 9.90 Å². The molecule has 0 aliphatic heterocycles. The summed E-state index contributed by atoms with van der Waals surface area (Å²) in [5, 5.41) is 11.9. The number of nitrogens with one attached hydrogen (secondary N) is 1. The largest absolute Gasteiger partial charge is 0.396 e. The van der Waals surface area contributed by atoms with E-state index in [0.29, 0.717) is 6.42 Å². The minimum Gasteiger partial charge on any atom is -0.396 e. The maximum atomic E-state index is 11.8. The van der Waals surface area contributed by atoms with Gasteiger partial charge >= 0.3 is 0 Å². The molecular formula is C14H21NO2. The third-order valence-electron chi connectivity index (χ3n) is 2.98. The van der Waals surface area contributed by atoms with Crippen LogP contribution < -0.4 is 5.32 Å². The first-order chi connectivity index (χ1) is 8.02. The van der Waals surface area contributed by atoms with Crippen molar-refractivity contribution in [2.24, 2.45) is 5.92 Å². The first kappa shape index (κ1) is 13.7. The highest BCUT2D eigenvalue weighted by Crippen LogP contribution is 2.06. The van der Waals surface area contributed by atoms with E-state index in [1.54, 1.807) is 0 Å². The molecule has 0 fully saturated rings. The van der Waals surface area contributed by atoms with Gasteiger partial charge in [-0.1, -0.05) is 36.8 Å². The van der Waals surface area contributed by atoms with Gasteiger partial charge in [-0.15, -0.1) is 0 Å². The zero-order valence-electron chi connectivity index (χ0n) is 10.7. The van der Waals surface area contributed by atoms with E-state index in [9.17, 15) is 4.79 Å². The number of rotatable bonds is 5. The second kappa shape index (κ2) is 6.40. The molecule has 1 rings (SSSR count). The van der Waals surface area contributed by atoms with Crippen LogP contribution in [0.2, 0.25) is 0 Å². The Kier molecular flexibility index (Phi) is 5.16. The number of benzene rings is 1. The number of hydrogen-bond acceptors (Lipinski definition) is 2. The van der Waals surface area contributed by atoms with Gasteiger partial charge in [-0.25, -0.2) is 0 Å². The minimum absolute atomic E-state index is 0.00249. The lowest BCUT2D eigenvalue weighted by atomic mass is 10.0. The van der Waals surface area contributed by atoms with E-state index in [0.717, 1.165) is 11.1 Å². The number of carbonyl (C=O) groups excluding carboxylic acids is 1. The van der Waals surface area contributed by atoms with Gasteiger partial charge < -0.3 is 10.4 Å². The average Bonchev–Trinajstić information content (AvgIpc) is 2.27. The SMILES string of the molecule is Cc1cccc(CC(=O)NC(C)C(C)CO)c1. The van der Waals surface area contributed by atoms with Crippen molar-refractivity contribution in [2.45, 2.75) is 33.2 Å². The van der Waals surface area contributed by atoms with E-state index in [-0.39, 0.29) is 24.5 Å². The van der Waals surface area contributed by atoms with Crippen molar-refractivity contribution in [2.75, 3.05) is 6.61 Å². The number of hydrogen-bond donors (Lipinski definition) is 2. The molecule has 0 aliphatic carbocycles. The highest BCUT2D eigenvalue weighted by Gasteiger charge is 2.13. The van der Waals surface area contributed by atoms with Gasteiger partial charge in [-0.2, -0.15) is 0 Å². The molecule has 0 bridgehead atoms. The molecule has 0 saturated carbocycles. The van der Waals surface area contributed by atoms with E-state index in [4.69, 9.17) is 5.11 Å². The number of amides is 1. The number of aryl methyl sites for hydroxylation is 1. The Hall–Kier alpha value is -1.35. The van der Waals surface area contributed by atoms with Gasteiger partial charge in [0.2, 0.25) is 5.91 Å². The highest BCUT2D eigenvalue weighted by molar-refractivity contribution is 5.78. The fraction of sp³-hybridized carbons (Fsp3) is 0.500. The second-order valence-electron chi connectivity index (χ2n) is 4.68. The van der Waals surface area contributed by atoms with Crippen molar-refractivity contribution in [1.82, 2.24) is 5.32 Å². The third-order valence-corrected chi connectivity index (χ3v) is 2.98. The average molecular weight is 235 g/mol. The molecule has 17 heavy (non-hydrogen) atoms. The lowest BCUT2D eigenvalue weighted by Gasteiger charge is -2.19. The maximum Gasteiger partial charge on any atom is 0.224 e. The summed E-state index contributed by atoms with van der Waals surface area (Å²) in [6, 6.07) is 7.93. The van der Waals surface area contributed by atoms with Crippen LogP contribution in [0.3, 0.4) is 0 Å². The lowest BCUT2D eigenvalue weighted by Crippen LogP contribution is -2.39. The van der Waals surface area contributed by atoms with E-state index in [2.05, 4.69) is 5.32 Å². The second-order valence-corrected chi connectivity index (χ2v) is 4.68. The molecule has 2 N–H and O–H groups in total. The molecule has 0 spiro atoms. The van der Waals surface area contributed by atoms with Gasteiger partial charge in [0.1, 0.15) is 0 Å². The molecular weight excluding hydrogens is 214 g/mol. The summed E-state index contributed by atoms with van der Waals surface area (Å²) in [5.74, 6) is 0.0832. The summed E-state index contributed by atoms with van der Waals surface area (Å²) in [7, 11) is 0. The van der Waals surface area contributed by atoms with Crippen LogP contribution in [-0.2, 0) is 11.2 Å². The van der Waals surface area contributed by atoms with Crippen molar-refractivity contribution in [3.05, 3.63) is 35.4 Å². The Morgan fingerprint density at radius 1 is 1.41 bits per heavy atom. The Balaban J connectivity index is 2.50. The number of aliphatic hydroxyl groups is 1. The van der Waals surface area contributed by atoms with Crippen molar-refractivity contribution in [1.29, 1.82) is 0 Å². The molecule has 0 heterocycles. The standard InChI is InChI=1S/C14H21NO2/c1-10-5-4-6-13(7-10)8-14(17)15-12(3)11(2)9-16/h4-7,11-12,16H,8-9H2,1-3H3,(H,15,17). The van der Waals surface area contributed by atoms with Crippen LogP contribution in [0.25, 0.3) is 0 Å². The molecule has 2 unspecified atom stereocenters. The molecule has 1 aromatic carbocycles. The van der Waals surface area contributed by atoms with Gasteiger partial charge in [0, 0.05) is 12.6 Å². The Morgan fingerprint density at radius 2 is 2.12 bits per heavy atom. The summed E-state index contributed by atoms with van der Waals surface area (Å²) in [6.45, 7) is 5.93. The lowest BCUT2D eigenvalue weighted by molar-refractivity contribution is -0.121.